The number of carbonyl (C=O) groups excluding carboxylic acids is 1. The van der Waals surface area contributed by atoms with E-state index in [4.69, 9.17) is 0 Å². The molecule has 5 heteroatoms. The van der Waals surface area contributed by atoms with Gasteiger partial charge in [0.15, 0.2) is 5.54 Å². The number of phenols is 1. The molecule has 1 aromatic carbocycles. The van der Waals surface area contributed by atoms with E-state index in [1.165, 1.54) is 32.2 Å². The van der Waals surface area contributed by atoms with E-state index in [1.54, 1.807) is 6.07 Å². The van der Waals surface area contributed by atoms with Crippen molar-refractivity contribution in [3.05, 3.63) is 29.8 Å². The molecule has 0 bridgehead atoms. The van der Waals surface area contributed by atoms with Crippen molar-refractivity contribution in [2.75, 3.05) is 7.05 Å². The number of aliphatic carboxylic acids is 1. The highest BCUT2D eigenvalue weighted by atomic mass is 16.4. The second-order valence-corrected chi connectivity index (χ2v) is 3.64. The molecule has 0 fully saturated rings. The van der Waals surface area contributed by atoms with Crippen LogP contribution in [0.15, 0.2) is 24.3 Å². The molecule has 5 nitrogen and oxygen atoms in total. The van der Waals surface area contributed by atoms with E-state index in [0.717, 1.165) is 4.90 Å². The first-order valence-corrected chi connectivity index (χ1v) is 4.64. The standard InChI is InChI=1S/C11H13NO4/c1-11(10(15)16,12(2)7-13)8-4-3-5-9(14)6-8/h3-7,14H,1-2H3,(H,15,16). The molecule has 0 saturated carbocycles. The lowest BCUT2D eigenvalue weighted by molar-refractivity contribution is -0.153. The molecule has 0 saturated heterocycles. The van der Waals surface area contributed by atoms with Crippen LogP contribution in [0.4, 0.5) is 0 Å². The van der Waals surface area contributed by atoms with Crippen molar-refractivity contribution in [1.29, 1.82) is 0 Å². The predicted molar refractivity (Wildman–Crippen MR) is 56.9 cm³/mol. The summed E-state index contributed by atoms with van der Waals surface area (Å²) in [5.74, 6) is -1.20. The molecule has 0 aliphatic heterocycles. The Morgan fingerprint density at radius 2 is 2.12 bits per heavy atom. The smallest absolute Gasteiger partial charge is 0.334 e. The van der Waals surface area contributed by atoms with Crippen LogP contribution >= 0.6 is 0 Å². The summed E-state index contributed by atoms with van der Waals surface area (Å²) in [5.41, 5.74) is -1.14. The summed E-state index contributed by atoms with van der Waals surface area (Å²) in [4.78, 5) is 23.0. The van der Waals surface area contributed by atoms with E-state index in [-0.39, 0.29) is 5.75 Å². The quantitative estimate of drug-likeness (QED) is 0.739. The minimum atomic E-state index is -1.49. The first kappa shape index (κ1) is 12.0. The van der Waals surface area contributed by atoms with Crippen molar-refractivity contribution in [2.24, 2.45) is 0 Å². The van der Waals surface area contributed by atoms with Crippen molar-refractivity contribution in [3.63, 3.8) is 0 Å². The number of rotatable bonds is 4. The van der Waals surface area contributed by atoms with Crippen LogP contribution in [0.5, 0.6) is 5.75 Å². The fourth-order valence-electron chi connectivity index (χ4n) is 1.39. The van der Waals surface area contributed by atoms with Crippen LogP contribution in [-0.4, -0.2) is 34.5 Å². The summed E-state index contributed by atoms with van der Waals surface area (Å²) in [7, 11) is 1.38. The summed E-state index contributed by atoms with van der Waals surface area (Å²) in [6.07, 6.45) is 0.443. The van der Waals surface area contributed by atoms with Crippen molar-refractivity contribution in [2.45, 2.75) is 12.5 Å². The second-order valence-electron chi connectivity index (χ2n) is 3.64. The Morgan fingerprint density at radius 3 is 2.56 bits per heavy atom. The SMILES string of the molecule is CN(C=O)C(C)(C(=O)O)c1cccc(O)c1. The van der Waals surface area contributed by atoms with Gasteiger partial charge in [-0.2, -0.15) is 0 Å². The molecule has 2 N–H and O–H groups in total. The van der Waals surface area contributed by atoms with Crippen molar-refractivity contribution in [3.8, 4) is 5.75 Å². The number of carboxylic acid groups (broad SMARTS) is 1. The average molecular weight is 223 g/mol. The summed E-state index contributed by atoms with van der Waals surface area (Å²) in [6.45, 7) is 1.40. The molecule has 16 heavy (non-hydrogen) atoms. The minimum Gasteiger partial charge on any atom is -0.508 e. The van der Waals surface area contributed by atoms with E-state index < -0.39 is 11.5 Å². The van der Waals surface area contributed by atoms with Gasteiger partial charge in [0, 0.05) is 7.05 Å². The van der Waals surface area contributed by atoms with Gasteiger partial charge in [0.2, 0.25) is 6.41 Å². The summed E-state index contributed by atoms with van der Waals surface area (Å²) in [6, 6.07) is 5.85. The van der Waals surface area contributed by atoms with Gasteiger partial charge in [0.05, 0.1) is 0 Å². The molecule has 1 rings (SSSR count). The van der Waals surface area contributed by atoms with Gasteiger partial charge >= 0.3 is 5.97 Å². The zero-order valence-electron chi connectivity index (χ0n) is 9.04. The zero-order valence-corrected chi connectivity index (χ0v) is 9.04. The molecule has 86 valence electrons. The lowest BCUT2D eigenvalue weighted by Crippen LogP contribution is -2.47. The Bertz CT molecular complexity index is 418. The lowest BCUT2D eigenvalue weighted by atomic mass is 9.91. The Labute approximate surface area is 92.9 Å². The lowest BCUT2D eigenvalue weighted by Gasteiger charge is -2.32. The highest BCUT2D eigenvalue weighted by Gasteiger charge is 2.39. The van der Waals surface area contributed by atoms with Gasteiger partial charge in [-0.1, -0.05) is 12.1 Å². The number of benzene rings is 1. The maximum absolute atomic E-state index is 11.3. The fourth-order valence-corrected chi connectivity index (χ4v) is 1.39. The van der Waals surface area contributed by atoms with E-state index >= 15 is 0 Å². The van der Waals surface area contributed by atoms with E-state index in [1.807, 2.05) is 0 Å². The number of amides is 1. The first-order chi connectivity index (χ1) is 7.42. The number of nitrogens with zero attached hydrogens (tertiary/aromatic N) is 1. The molecule has 1 amide bonds. The van der Waals surface area contributed by atoms with Crippen LogP contribution in [0, 0.1) is 0 Å². The molecule has 0 aliphatic carbocycles. The highest BCUT2D eigenvalue weighted by molar-refractivity contribution is 5.82. The predicted octanol–water partition coefficient (Wildman–Crippen LogP) is 0.780. The maximum atomic E-state index is 11.3. The van der Waals surface area contributed by atoms with Gasteiger partial charge < -0.3 is 15.1 Å². The van der Waals surface area contributed by atoms with Gasteiger partial charge in [-0.05, 0) is 24.6 Å². The van der Waals surface area contributed by atoms with Crippen LogP contribution in [0.1, 0.15) is 12.5 Å². The molecule has 0 radical (unpaired) electrons. The molecule has 1 aromatic rings. The first-order valence-electron chi connectivity index (χ1n) is 4.64. The van der Waals surface area contributed by atoms with E-state index in [2.05, 4.69) is 0 Å². The van der Waals surface area contributed by atoms with Gasteiger partial charge in [0.1, 0.15) is 5.75 Å². The minimum absolute atomic E-state index is 0.0377. The van der Waals surface area contributed by atoms with Gasteiger partial charge in [-0.3, -0.25) is 4.79 Å². The van der Waals surface area contributed by atoms with Crippen molar-refractivity contribution >= 4 is 12.4 Å². The van der Waals surface area contributed by atoms with Crippen LogP contribution in [0.3, 0.4) is 0 Å². The van der Waals surface area contributed by atoms with Crippen molar-refractivity contribution < 1.29 is 19.8 Å². The Balaban J connectivity index is 3.32. The third kappa shape index (κ3) is 1.84. The molecule has 0 heterocycles. The third-order valence-corrected chi connectivity index (χ3v) is 2.69. The monoisotopic (exact) mass is 223 g/mol. The summed E-state index contributed by atoms with van der Waals surface area (Å²) >= 11 is 0. The van der Waals surface area contributed by atoms with Crippen LogP contribution < -0.4 is 0 Å². The largest absolute Gasteiger partial charge is 0.508 e. The van der Waals surface area contributed by atoms with Crippen LogP contribution in [0.25, 0.3) is 0 Å². The number of aromatic hydroxyl groups is 1. The Kier molecular flexibility index (Phi) is 3.17. The number of carbonyl (C=O) groups is 2. The Hall–Kier alpha value is -2.04. The number of hydrogen-bond donors (Lipinski definition) is 2. The number of hydrogen-bond acceptors (Lipinski definition) is 3. The summed E-state index contributed by atoms with van der Waals surface area (Å²) in [5, 5.41) is 18.5. The number of phenolic OH excluding ortho intramolecular Hbond substituents is 1. The van der Waals surface area contributed by atoms with Crippen LogP contribution in [0.2, 0.25) is 0 Å². The second kappa shape index (κ2) is 4.22. The molecule has 0 aliphatic rings. The molecule has 1 unspecified atom stereocenters. The topological polar surface area (TPSA) is 77.8 Å². The molecule has 0 aromatic heterocycles. The van der Waals surface area contributed by atoms with Crippen molar-refractivity contribution in [1.82, 2.24) is 4.90 Å². The maximum Gasteiger partial charge on any atom is 0.334 e. The zero-order chi connectivity index (χ0) is 12.3. The molecule has 0 spiro atoms. The van der Waals surface area contributed by atoms with E-state index in [0.29, 0.717) is 12.0 Å². The third-order valence-electron chi connectivity index (χ3n) is 2.69. The molecule has 1 atom stereocenters. The Morgan fingerprint density at radius 1 is 1.50 bits per heavy atom. The highest BCUT2D eigenvalue weighted by Crippen LogP contribution is 2.28. The van der Waals surface area contributed by atoms with Gasteiger partial charge in [-0.15, -0.1) is 0 Å². The van der Waals surface area contributed by atoms with Gasteiger partial charge in [0.25, 0.3) is 0 Å². The van der Waals surface area contributed by atoms with E-state index in [9.17, 15) is 19.8 Å². The fraction of sp³-hybridized carbons (Fsp3) is 0.273. The molecular formula is C11H13NO4. The normalized spacial score (nSPS) is 13.9. The van der Waals surface area contributed by atoms with Crippen LogP contribution in [-0.2, 0) is 15.1 Å². The van der Waals surface area contributed by atoms with Gasteiger partial charge in [-0.25, -0.2) is 4.79 Å². The number of carboxylic acids is 1. The summed E-state index contributed by atoms with van der Waals surface area (Å²) < 4.78 is 0. The average Bonchev–Trinajstić information content (AvgIpc) is 2.26. The number of likely N-dealkylation sites (N-methyl/N-ethyl adjacent to an activating group) is 1. The molecular weight excluding hydrogens is 210 g/mol.